The number of carboxylic acids is 1. The second-order valence-corrected chi connectivity index (χ2v) is 9.43. The molecule has 2 rings (SSSR count). The van der Waals surface area contributed by atoms with Crippen LogP contribution in [0.3, 0.4) is 0 Å². The molecule has 20 heavy (non-hydrogen) atoms. The van der Waals surface area contributed by atoms with Crippen molar-refractivity contribution in [2.24, 2.45) is 5.92 Å². The van der Waals surface area contributed by atoms with Crippen LogP contribution in [0.4, 0.5) is 0 Å². The molecule has 2 atom stereocenters. The summed E-state index contributed by atoms with van der Waals surface area (Å²) < 4.78 is 27.7. The number of hydrogen-bond donors (Lipinski definition) is 2. The molecule has 1 saturated carbocycles. The first-order valence-electron chi connectivity index (χ1n) is 5.99. The maximum atomic E-state index is 12.2. The molecule has 5 nitrogen and oxygen atoms in total. The Morgan fingerprint density at radius 1 is 1.50 bits per heavy atom. The summed E-state index contributed by atoms with van der Waals surface area (Å²) in [5.74, 6) is -1.34. The highest BCUT2D eigenvalue weighted by Crippen LogP contribution is 2.35. The average Bonchev–Trinajstić information content (AvgIpc) is 2.70. The van der Waals surface area contributed by atoms with Crippen molar-refractivity contribution in [2.75, 3.05) is 0 Å². The van der Waals surface area contributed by atoms with Crippen LogP contribution in [-0.2, 0) is 14.8 Å². The van der Waals surface area contributed by atoms with Gasteiger partial charge in [0.2, 0.25) is 10.0 Å². The number of thiophene rings is 1. The molecule has 2 unspecified atom stereocenters. The summed E-state index contributed by atoms with van der Waals surface area (Å²) in [6.07, 6.45) is 2.29. The van der Waals surface area contributed by atoms with Crippen molar-refractivity contribution >= 4 is 54.9 Å². The number of halogens is 2. The summed E-state index contributed by atoms with van der Waals surface area (Å²) in [6, 6.07) is 1.05. The fourth-order valence-corrected chi connectivity index (χ4v) is 5.96. The van der Waals surface area contributed by atoms with E-state index in [4.69, 9.17) is 16.7 Å². The topological polar surface area (TPSA) is 83.5 Å². The molecule has 0 saturated heterocycles. The van der Waals surface area contributed by atoms with E-state index in [2.05, 4.69) is 20.7 Å². The first-order chi connectivity index (χ1) is 9.29. The number of nitrogens with one attached hydrogen (secondary N) is 1. The zero-order valence-electron chi connectivity index (χ0n) is 10.3. The molecule has 1 aliphatic carbocycles. The summed E-state index contributed by atoms with van der Waals surface area (Å²) in [5.41, 5.74) is 0. The second-order valence-electron chi connectivity index (χ2n) is 4.71. The SMILES string of the molecule is O=C(O)C1CCCC(NS(=O)(=O)c2cc(Cl)c(Br)s2)C1. The molecule has 0 radical (unpaired) electrons. The van der Waals surface area contributed by atoms with Crippen molar-refractivity contribution in [3.8, 4) is 0 Å². The van der Waals surface area contributed by atoms with E-state index in [1.807, 2.05) is 0 Å². The zero-order valence-corrected chi connectivity index (χ0v) is 14.3. The molecule has 112 valence electrons. The molecule has 0 spiro atoms. The molecule has 0 aromatic carbocycles. The van der Waals surface area contributed by atoms with Crippen LogP contribution in [0.25, 0.3) is 0 Å². The highest BCUT2D eigenvalue weighted by Gasteiger charge is 2.30. The lowest BCUT2D eigenvalue weighted by molar-refractivity contribution is -0.143. The Kier molecular flexibility index (Phi) is 5.12. The number of carbonyl (C=O) groups is 1. The van der Waals surface area contributed by atoms with Crippen molar-refractivity contribution in [1.82, 2.24) is 4.72 Å². The van der Waals surface area contributed by atoms with Crippen molar-refractivity contribution in [3.05, 3.63) is 14.9 Å². The zero-order chi connectivity index (χ0) is 14.9. The van der Waals surface area contributed by atoms with Gasteiger partial charge in [0.15, 0.2) is 0 Å². The van der Waals surface area contributed by atoms with Gasteiger partial charge < -0.3 is 5.11 Å². The third-order valence-corrected chi connectivity index (χ3v) is 7.70. The number of aliphatic carboxylic acids is 1. The molecule has 1 fully saturated rings. The quantitative estimate of drug-likeness (QED) is 0.810. The number of rotatable bonds is 4. The van der Waals surface area contributed by atoms with E-state index in [0.717, 1.165) is 11.3 Å². The molecule has 1 aromatic heterocycles. The number of hydrogen-bond acceptors (Lipinski definition) is 4. The van der Waals surface area contributed by atoms with Crippen molar-refractivity contribution in [1.29, 1.82) is 0 Å². The molecular formula is C11H13BrClNO4S2. The van der Waals surface area contributed by atoms with Crippen LogP contribution < -0.4 is 4.72 Å². The van der Waals surface area contributed by atoms with E-state index in [-0.39, 0.29) is 10.3 Å². The van der Waals surface area contributed by atoms with Crippen molar-refractivity contribution in [3.63, 3.8) is 0 Å². The van der Waals surface area contributed by atoms with Gasteiger partial charge in [-0.05, 0) is 41.3 Å². The van der Waals surface area contributed by atoms with E-state index in [1.165, 1.54) is 6.07 Å². The molecule has 9 heteroatoms. The molecule has 1 heterocycles. The van der Waals surface area contributed by atoms with E-state index >= 15 is 0 Å². The average molecular weight is 403 g/mol. The van der Waals surface area contributed by atoms with Gasteiger partial charge in [0, 0.05) is 6.04 Å². The van der Waals surface area contributed by atoms with Gasteiger partial charge in [0.25, 0.3) is 0 Å². The second kappa shape index (κ2) is 6.31. The minimum absolute atomic E-state index is 0.131. The summed E-state index contributed by atoms with van der Waals surface area (Å²) >= 11 is 10.1. The van der Waals surface area contributed by atoms with Gasteiger partial charge in [-0.15, -0.1) is 11.3 Å². The van der Waals surface area contributed by atoms with Crippen LogP contribution in [-0.4, -0.2) is 25.5 Å². The predicted octanol–water partition coefficient (Wildman–Crippen LogP) is 3.09. The van der Waals surface area contributed by atoms with Gasteiger partial charge >= 0.3 is 5.97 Å². The molecule has 0 amide bonds. The molecule has 1 aromatic rings. The van der Waals surface area contributed by atoms with Crippen LogP contribution in [0.2, 0.25) is 5.02 Å². The highest BCUT2D eigenvalue weighted by atomic mass is 79.9. The van der Waals surface area contributed by atoms with Crippen molar-refractivity contribution < 1.29 is 18.3 Å². The Bertz CT molecular complexity index is 596. The molecule has 1 aliphatic rings. The number of sulfonamides is 1. The summed E-state index contributed by atoms with van der Waals surface area (Å²) in [5, 5.41) is 9.36. The van der Waals surface area contributed by atoms with Crippen LogP contribution in [0.15, 0.2) is 14.1 Å². The van der Waals surface area contributed by atoms with Gasteiger partial charge in [-0.25, -0.2) is 13.1 Å². The third kappa shape index (κ3) is 3.73. The summed E-state index contributed by atoms with van der Waals surface area (Å²) in [7, 11) is -3.65. The largest absolute Gasteiger partial charge is 0.481 e. The van der Waals surface area contributed by atoms with Gasteiger partial charge in [-0.1, -0.05) is 18.0 Å². The fraction of sp³-hybridized carbons (Fsp3) is 0.545. The van der Waals surface area contributed by atoms with E-state index in [0.29, 0.717) is 34.5 Å². The minimum Gasteiger partial charge on any atom is -0.481 e. The molecule has 0 bridgehead atoms. The molecule has 2 N–H and O–H groups in total. The van der Waals surface area contributed by atoms with Crippen LogP contribution >= 0.6 is 38.9 Å². The lowest BCUT2D eigenvalue weighted by Crippen LogP contribution is -2.39. The standard InChI is InChI=1S/C11H13BrClNO4S2/c12-10-8(13)5-9(19-10)20(17,18)14-7-3-1-2-6(4-7)11(15)16/h5-7,14H,1-4H2,(H,15,16). The maximum absolute atomic E-state index is 12.2. The smallest absolute Gasteiger partial charge is 0.306 e. The summed E-state index contributed by atoms with van der Waals surface area (Å²) in [4.78, 5) is 11.0. The normalized spacial score (nSPS) is 23.7. The first-order valence-corrected chi connectivity index (χ1v) is 9.46. The maximum Gasteiger partial charge on any atom is 0.306 e. The van der Waals surface area contributed by atoms with Crippen LogP contribution in [0.5, 0.6) is 0 Å². The Labute approximate surface area is 134 Å². The lowest BCUT2D eigenvalue weighted by Gasteiger charge is -2.26. The van der Waals surface area contributed by atoms with Gasteiger partial charge in [-0.3, -0.25) is 4.79 Å². The Hall–Kier alpha value is -0.150. The predicted molar refractivity (Wildman–Crippen MR) is 80.7 cm³/mol. The van der Waals surface area contributed by atoms with E-state index < -0.39 is 21.9 Å². The molecular weight excluding hydrogens is 390 g/mol. The van der Waals surface area contributed by atoms with E-state index in [9.17, 15) is 13.2 Å². The Morgan fingerprint density at radius 2 is 2.20 bits per heavy atom. The van der Waals surface area contributed by atoms with Gasteiger partial charge in [0.05, 0.1) is 14.7 Å². The summed E-state index contributed by atoms with van der Waals surface area (Å²) in [6.45, 7) is 0. The van der Waals surface area contributed by atoms with E-state index in [1.54, 1.807) is 0 Å². The van der Waals surface area contributed by atoms with Crippen LogP contribution in [0.1, 0.15) is 25.7 Å². The Balaban J connectivity index is 2.10. The highest BCUT2D eigenvalue weighted by molar-refractivity contribution is 9.11. The lowest BCUT2D eigenvalue weighted by atomic mass is 9.86. The fourth-order valence-electron chi connectivity index (χ4n) is 2.26. The first kappa shape index (κ1) is 16.2. The van der Waals surface area contributed by atoms with Crippen LogP contribution in [0, 0.1) is 5.92 Å². The molecule has 0 aliphatic heterocycles. The van der Waals surface area contributed by atoms with Gasteiger partial charge in [0.1, 0.15) is 4.21 Å². The monoisotopic (exact) mass is 401 g/mol. The number of carboxylic acid groups (broad SMARTS) is 1. The van der Waals surface area contributed by atoms with Crippen molar-refractivity contribution in [2.45, 2.75) is 35.9 Å². The minimum atomic E-state index is -3.65. The third-order valence-electron chi connectivity index (χ3n) is 3.23. The Morgan fingerprint density at radius 3 is 2.75 bits per heavy atom. The van der Waals surface area contributed by atoms with Gasteiger partial charge in [-0.2, -0.15) is 0 Å².